The second-order valence-corrected chi connectivity index (χ2v) is 5.58. The van der Waals surface area contributed by atoms with Crippen LogP contribution in [0.15, 0.2) is 12.2 Å². The Morgan fingerprint density at radius 1 is 1.50 bits per heavy atom. The molecular weight excluding hydrogens is 222 g/mol. The first-order valence-corrected chi connectivity index (χ1v) is 7.10. The molecule has 0 aromatic carbocycles. The van der Waals surface area contributed by atoms with E-state index in [2.05, 4.69) is 24.8 Å². The van der Waals surface area contributed by atoms with Crippen molar-refractivity contribution in [1.82, 2.24) is 4.90 Å². The molecule has 0 saturated carbocycles. The van der Waals surface area contributed by atoms with E-state index < -0.39 is 6.85 Å². The van der Waals surface area contributed by atoms with Gasteiger partial charge in [0.2, 0.25) is 0 Å². The number of carbonyl (C=O) groups is 1. The van der Waals surface area contributed by atoms with Crippen molar-refractivity contribution in [3.05, 3.63) is 12.2 Å². The number of allylic oxidation sites excluding steroid dienone is 2. The molecule has 1 heterocycles. The molecule has 2 heteroatoms. The fraction of sp³-hybridized carbons (Fsp3) is 0.812. The van der Waals surface area contributed by atoms with Crippen molar-refractivity contribution in [3.63, 3.8) is 0 Å². The van der Waals surface area contributed by atoms with Crippen LogP contribution in [0.3, 0.4) is 0 Å². The summed E-state index contributed by atoms with van der Waals surface area (Å²) in [5.74, 6) is 1.12. The van der Waals surface area contributed by atoms with Gasteiger partial charge in [0, 0.05) is 10.5 Å². The van der Waals surface area contributed by atoms with Crippen molar-refractivity contribution in [2.75, 3.05) is 13.6 Å². The molecule has 2 nitrogen and oxygen atoms in total. The van der Waals surface area contributed by atoms with Gasteiger partial charge in [-0.15, -0.1) is 0 Å². The Labute approximate surface area is 117 Å². The molecule has 0 spiro atoms. The molecule has 3 atom stereocenters. The van der Waals surface area contributed by atoms with Crippen molar-refractivity contribution in [2.45, 2.75) is 58.8 Å². The van der Waals surface area contributed by atoms with E-state index in [1.807, 2.05) is 13.1 Å². The van der Waals surface area contributed by atoms with Crippen LogP contribution >= 0.6 is 0 Å². The Bertz CT molecular complexity index is 365. The summed E-state index contributed by atoms with van der Waals surface area (Å²) in [6, 6.07) is 0.0459. The van der Waals surface area contributed by atoms with Crippen molar-refractivity contribution in [2.24, 2.45) is 11.8 Å². The third-order valence-corrected chi connectivity index (χ3v) is 4.12. The number of nitrogens with zero attached hydrogens (tertiary/aromatic N) is 1. The minimum absolute atomic E-state index is 0.0459. The Balaban J connectivity index is 2.41. The van der Waals surface area contributed by atoms with Crippen LogP contribution in [0.25, 0.3) is 0 Å². The highest BCUT2D eigenvalue weighted by molar-refractivity contribution is 5.85. The summed E-state index contributed by atoms with van der Waals surface area (Å²) in [6.07, 6.45) is 7.45. The highest BCUT2D eigenvalue weighted by Gasteiger charge is 2.33. The van der Waals surface area contributed by atoms with Crippen LogP contribution in [0, 0.1) is 11.8 Å². The van der Waals surface area contributed by atoms with Gasteiger partial charge in [-0.1, -0.05) is 39.3 Å². The second-order valence-electron chi connectivity index (χ2n) is 5.58. The maximum absolute atomic E-state index is 12.1. The third kappa shape index (κ3) is 4.24. The van der Waals surface area contributed by atoms with Gasteiger partial charge < -0.3 is 0 Å². The van der Waals surface area contributed by atoms with Crippen LogP contribution in [0.2, 0.25) is 0 Å². The summed E-state index contributed by atoms with van der Waals surface area (Å²) in [5, 5.41) is 0. The van der Waals surface area contributed by atoms with Gasteiger partial charge >= 0.3 is 0 Å². The van der Waals surface area contributed by atoms with Crippen LogP contribution in [-0.2, 0) is 4.79 Å². The largest absolute Gasteiger partial charge is 0.298 e. The summed E-state index contributed by atoms with van der Waals surface area (Å²) in [6.45, 7) is 3.50. The Morgan fingerprint density at radius 3 is 2.94 bits per heavy atom. The topological polar surface area (TPSA) is 20.3 Å². The molecule has 0 bridgehead atoms. The van der Waals surface area contributed by atoms with Crippen LogP contribution in [0.4, 0.5) is 0 Å². The molecule has 0 radical (unpaired) electrons. The third-order valence-electron chi connectivity index (χ3n) is 4.12. The van der Waals surface area contributed by atoms with Gasteiger partial charge in [-0.3, -0.25) is 9.69 Å². The summed E-state index contributed by atoms with van der Waals surface area (Å²) in [5.41, 5.74) is 0. The zero-order valence-electron chi connectivity index (χ0n) is 15.0. The quantitative estimate of drug-likeness (QED) is 0.674. The van der Waals surface area contributed by atoms with Crippen molar-refractivity contribution < 1.29 is 8.91 Å². The molecule has 104 valence electrons. The zero-order valence-corrected chi connectivity index (χ0v) is 12.0. The number of rotatable bonds is 6. The van der Waals surface area contributed by atoms with E-state index in [0.29, 0.717) is 30.5 Å². The molecule has 0 amide bonds. The molecule has 1 aliphatic heterocycles. The van der Waals surface area contributed by atoms with Gasteiger partial charge in [0.1, 0.15) is 5.78 Å². The van der Waals surface area contributed by atoms with E-state index in [9.17, 15) is 4.79 Å². The first-order valence-electron chi connectivity index (χ1n) is 8.60. The molecular formula is C16H29NO. The number of hydrogen-bond acceptors (Lipinski definition) is 2. The maximum Gasteiger partial charge on any atom is 0.150 e. The second kappa shape index (κ2) is 7.73. The van der Waals surface area contributed by atoms with E-state index in [1.165, 1.54) is 0 Å². The first kappa shape index (κ1) is 11.2. The highest BCUT2D eigenvalue weighted by atomic mass is 16.1. The minimum Gasteiger partial charge on any atom is -0.298 e. The molecule has 0 aliphatic carbocycles. The van der Waals surface area contributed by atoms with Crippen molar-refractivity contribution >= 4 is 5.78 Å². The minimum atomic E-state index is -1.83. The van der Waals surface area contributed by atoms with Gasteiger partial charge in [0.25, 0.3) is 0 Å². The number of likely N-dealkylation sites (N-methyl/N-ethyl adjacent to an activating group) is 1. The van der Waals surface area contributed by atoms with E-state index >= 15 is 0 Å². The molecule has 1 saturated heterocycles. The lowest BCUT2D eigenvalue weighted by molar-refractivity contribution is -0.128. The summed E-state index contributed by atoms with van der Waals surface area (Å²) in [4.78, 5) is 14.3. The van der Waals surface area contributed by atoms with Gasteiger partial charge in [-0.25, -0.2) is 0 Å². The Morgan fingerprint density at radius 2 is 2.28 bits per heavy atom. The van der Waals surface area contributed by atoms with Gasteiger partial charge in [-0.2, -0.15) is 0 Å². The normalized spacial score (nSPS) is 28.7. The molecule has 0 aromatic heterocycles. The van der Waals surface area contributed by atoms with Gasteiger partial charge in [-0.05, 0) is 44.7 Å². The Hall–Kier alpha value is -0.630. The van der Waals surface area contributed by atoms with E-state index in [-0.39, 0.29) is 12.5 Å². The number of hydrogen-bond donors (Lipinski definition) is 0. The van der Waals surface area contributed by atoms with Crippen molar-refractivity contribution in [1.29, 1.82) is 0 Å². The fourth-order valence-electron chi connectivity index (χ4n) is 2.77. The molecule has 1 fully saturated rings. The lowest BCUT2D eigenvalue weighted by atomic mass is 9.81. The zero-order chi connectivity index (χ0) is 16.0. The lowest BCUT2D eigenvalue weighted by Crippen LogP contribution is -2.48. The Kier molecular flexibility index (Phi) is 4.82. The van der Waals surface area contributed by atoms with E-state index in [4.69, 9.17) is 4.11 Å². The maximum atomic E-state index is 12.1. The first-order chi connectivity index (χ1) is 9.72. The molecule has 1 unspecified atom stereocenters. The van der Waals surface area contributed by atoms with Crippen molar-refractivity contribution in [3.8, 4) is 0 Å². The molecule has 0 aromatic rings. The standard InChI is InChI=1S/C16H29NO/c1-5-6-7-8-10-13(2)14(3)16-15(18)11-9-12-17(16)4/h7-8,13-14,16H,5-6,9-12H2,1-4H3/b8-7+/t13-,14?,16+/m1/s1/i1D3. The highest BCUT2D eigenvalue weighted by Crippen LogP contribution is 2.26. The number of ketones is 1. The molecule has 1 aliphatic rings. The molecule has 0 N–H and O–H groups in total. The van der Waals surface area contributed by atoms with Crippen LogP contribution in [0.1, 0.15) is 56.9 Å². The number of likely N-dealkylation sites (tertiary alicyclic amines) is 1. The van der Waals surface area contributed by atoms with E-state index in [1.54, 1.807) is 0 Å². The average Bonchev–Trinajstić information content (AvgIpc) is 2.36. The summed E-state index contributed by atoms with van der Waals surface area (Å²) in [7, 11) is 2.04. The summed E-state index contributed by atoms with van der Waals surface area (Å²) >= 11 is 0. The van der Waals surface area contributed by atoms with Crippen LogP contribution in [0.5, 0.6) is 0 Å². The van der Waals surface area contributed by atoms with Gasteiger partial charge in [0.05, 0.1) is 6.04 Å². The summed E-state index contributed by atoms with van der Waals surface area (Å²) < 4.78 is 21.5. The predicted octanol–water partition coefficient (Wildman–Crippen LogP) is 3.67. The predicted molar refractivity (Wildman–Crippen MR) is 77.7 cm³/mol. The van der Waals surface area contributed by atoms with Crippen LogP contribution in [-0.4, -0.2) is 30.3 Å². The smallest absolute Gasteiger partial charge is 0.150 e. The lowest BCUT2D eigenvalue weighted by Gasteiger charge is -2.37. The molecule has 18 heavy (non-hydrogen) atoms. The monoisotopic (exact) mass is 254 g/mol. The number of carbonyl (C=O) groups excluding carboxylic acids is 1. The van der Waals surface area contributed by atoms with Gasteiger partial charge in [0.15, 0.2) is 0 Å². The van der Waals surface area contributed by atoms with Crippen LogP contribution < -0.4 is 0 Å². The average molecular weight is 254 g/mol. The SMILES string of the molecule is [2H]C([2H])([2H])CC/C=C/C[C@@H](C)C(C)[C@H]1C(=O)CCCN1C. The fourth-order valence-corrected chi connectivity index (χ4v) is 2.77. The number of Topliss-reactive ketones (excluding diaryl/α,β-unsaturated/α-hetero) is 1. The molecule has 1 rings (SSSR count). The van der Waals surface area contributed by atoms with E-state index in [0.717, 1.165) is 19.4 Å². The number of piperidine rings is 1.